The van der Waals surface area contributed by atoms with Crippen LogP contribution in [-0.4, -0.2) is 15.1 Å². The molecule has 0 saturated heterocycles. The minimum atomic E-state index is -0.716. The number of hydrogen-bond acceptors (Lipinski definition) is 3. The molecule has 0 bridgehead atoms. The summed E-state index contributed by atoms with van der Waals surface area (Å²) in [6, 6.07) is 7.74. The first-order valence-electron chi connectivity index (χ1n) is 5.68. The van der Waals surface area contributed by atoms with Gasteiger partial charge in [-0.15, -0.1) is 0 Å². The third-order valence-electron chi connectivity index (χ3n) is 3.46. The summed E-state index contributed by atoms with van der Waals surface area (Å²) in [4.78, 5) is 8.83. The van der Waals surface area contributed by atoms with Crippen LogP contribution in [0.3, 0.4) is 0 Å². The van der Waals surface area contributed by atoms with E-state index in [4.69, 9.17) is 0 Å². The van der Waals surface area contributed by atoms with Gasteiger partial charge in [0.25, 0.3) is 0 Å². The van der Waals surface area contributed by atoms with Crippen LogP contribution in [0, 0.1) is 5.92 Å². The standard InChI is InChI=1S/C13H14N2O/c1-2-9-7-13(9,16)12-8-14-10-5-3-4-6-11(10)15-12/h3-6,8-9,16H,2,7H2,1H3. The van der Waals surface area contributed by atoms with E-state index in [0.717, 1.165) is 29.6 Å². The second-order valence-corrected chi connectivity index (χ2v) is 4.48. The summed E-state index contributed by atoms with van der Waals surface area (Å²) in [5.41, 5.74) is 1.74. The SMILES string of the molecule is CCC1CC1(O)c1cnc2ccccc2n1. The predicted octanol–water partition coefficient (Wildman–Crippen LogP) is 2.25. The lowest BCUT2D eigenvalue weighted by atomic mass is 10.1. The first-order chi connectivity index (χ1) is 7.74. The van der Waals surface area contributed by atoms with Gasteiger partial charge in [-0.05, 0) is 24.5 Å². The molecule has 2 aromatic rings. The van der Waals surface area contributed by atoms with Gasteiger partial charge in [-0.3, -0.25) is 4.98 Å². The van der Waals surface area contributed by atoms with Crippen molar-refractivity contribution in [3.05, 3.63) is 36.2 Å². The van der Waals surface area contributed by atoms with E-state index >= 15 is 0 Å². The number of rotatable bonds is 2. The maximum Gasteiger partial charge on any atom is 0.111 e. The molecule has 1 aliphatic rings. The fourth-order valence-corrected chi connectivity index (χ4v) is 2.28. The minimum Gasteiger partial charge on any atom is -0.383 e. The fraction of sp³-hybridized carbons (Fsp3) is 0.385. The van der Waals surface area contributed by atoms with Crippen LogP contribution in [0.4, 0.5) is 0 Å². The van der Waals surface area contributed by atoms with Gasteiger partial charge in [0.1, 0.15) is 5.60 Å². The van der Waals surface area contributed by atoms with Crippen LogP contribution in [0.2, 0.25) is 0 Å². The Kier molecular flexibility index (Phi) is 1.98. The van der Waals surface area contributed by atoms with Gasteiger partial charge in [0.15, 0.2) is 0 Å². The van der Waals surface area contributed by atoms with Crippen LogP contribution in [0.5, 0.6) is 0 Å². The van der Waals surface area contributed by atoms with Crippen LogP contribution in [-0.2, 0) is 5.60 Å². The number of aliphatic hydroxyl groups is 1. The molecule has 1 heterocycles. The van der Waals surface area contributed by atoms with E-state index in [2.05, 4.69) is 16.9 Å². The van der Waals surface area contributed by atoms with Crippen molar-refractivity contribution in [2.24, 2.45) is 5.92 Å². The third-order valence-corrected chi connectivity index (χ3v) is 3.46. The van der Waals surface area contributed by atoms with Crippen molar-refractivity contribution in [1.82, 2.24) is 9.97 Å². The molecule has 82 valence electrons. The van der Waals surface area contributed by atoms with Crippen molar-refractivity contribution >= 4 is 11.0 Å². The summed E-state index contributed by atoms with van der Waals surface area (Å²) in [7, 11) is 0. The molecule has 1 saturated carbocycles. The Morgan fingerprint density at radius 3 is 2.81 bits per heavy atom. The summed E-state index contributed by atoms with van der Waals surface area (Å²) in [5, 5.41) is 10.3. The monoisotopic (exact) mass is 214 g/mol. The molecule has 1 aromatic heterocycles. The van der Waals surface area contributed by atoms with Crippen LogP contribution in [0.15, 0.2) is 30.5 Å². The summed E-state index contributed by atoms with van der Waals surface area (Å²) < 4.78 is 0. The van der Waals surface area contributed by atoms with E-state index in [1.807, 2.05) is 24.3 Å². The molecule has 3 heteroatoms. The van der Waals surface area contributed by atoms with Gasteiger partial charge in [0.2, 0.25) is 0 Å². The molecular weight excluding hydrogens is 200 g/mol. The zero-order valence-corrected chi connectivity index (χ0v) is 9.22. The van der Waals surface area contributed by atoms with Crippen molar-refractivity contribution in [2.45, 2.75) is 25.4 Å². The number of para-hydroxylation sites is 2. The predicted molar refractivity (Wildman–Crippen MR) is 61.8 cm³/mol. The number of benzene rings is 1. The van der Waals surface area contributed by atoms with Gasteiger partial charge in [0, 0.05) is 0 Å². The van der Waals surface area contributed by atoms with Crippen LogP contribution >= 0.6 is 0 Å². The van der Waals surface area contributed by atoms with Gasteiger partial charge in [-0.1, -0.05) is 25.5 Å². The Balaban J connectivity index is 2.06. The average molecular weight is 214 g/mol. The second kappa shape index (κ2) is 3.25. The number of aromatic nitrogens is 2. The molecule has 1 aliphatic carbocycles. The Hall–Kier alpha value is -1.48. The molecular formula is C13H14N2O. The third kappa shape index (κ3) is 1.32. The van der Waals surface area contributed by atoms with Crippen LogP contribution < -0.4 is 0 Å². The van der Waals surface area contributed by atoms with Crippen molar-refractivity contribution in [2.75, 3.05) is 0 Å². The van der Waals surface area contributed by atoms with E-state index in [9.17, 15) is 5.11 Å². The normalized spacial score (nSPS) is 28.2. The number of nitrogens with zero attached hydrogens (tertiary/aromatic N) is 2. The van der Waals surface area contributed by atoms with Crippen molar-refractivity contribution in [1.29, 1.82) is 0 Å². The fourth-order valence-electron chi connectivity index (χ4n) is 2.28. The van der Waals surface area contributed by atoms with Crippen LogP contribution in [0.1, 0.15) is 25.5 Å². The summed E-state index contributed by atoms with van der Waals surface area (Å²) in [6.45, 7) is 2.09. The quantitative estimate of drug-likeness (QED) is 0.834. The Labute approximate surface area is 94.2 Å². The smallest absolute Gasteiger partial charge is 0.111 e. The largest absolute Gasteiger partial charge is 0.383 e. The summed E-state index contributed by atoms with van der Waals surface area (Å²) >= 11 is 0. The summed E-state index contributed by atoms with van der Waals surface area (Å²) in [5.74, 6) is 0.350. The molecule has 1 N–H and O–H groups in total. The molecule has 0 spiro atoms. The topological polar surface area (TPSA) is 46.0 Å². The molecule has 1 aromatic carbocycles. The van der Waals surface area contributed by atoms with E-state index < -0.39 is 5.60 Å². The first kappa shape index (κ1) is 9.73. The molecule has 3 rings (SSSR count). The van der Waals surface area contributed by atoms with Gasteiger partial charge in [-0.25, -0.2) is 4.98 Å². The lowest BCUT2D eigenvalue weighted by Gasteiger charge is -2.09. The van der Waals surface area contributed by atoms with E-state index in [1.165, 1.54) is 0 Å². The molecule has 3 nitrogen and oxygen atoms in total. The van der Waals surface area contributed by atoms with Gasteiger partial charge < -0.3 is 5.11 Å². The van der Waals surface area contributed by atoms with Gasteiger partial charge >= 0.3 is 0 Å². The highest BCUT2D eigenvalue weighted by atomic mass is 16.3. The zero-order valence-electron chi connectivity index (χ0n) is 9.22. The second-order valence-electron chi connectivity index (χ2n) is 4.48. The van der Waals surface area contributed by atoms with Crippen molar-refractivity contribution in [3.8, 4) is 0 Å². The molecule has 2 atom stereocenters. The van der Waals surface area contributed by atoms with Gasteiger partial charge in [0.05, 0.1) is 22.9 Å². The molecule has 0 radical (unpaired) electrons. The zero-order chi connectivity index (χ0) is 11.2. The van der Waals surface area contributed by atoms with E-state index in [1.54, 1.807) is 6.20 Å². The number of fused-ring (bicyclic) bond motifs is 1. The van der Waals surface area contributed by atoms with E-state index in [-0.39, 0.29) is 0 Å². The highest BCUT2D eigenvalue weighted by Gasteiger charge is 2.54. The highest BCUT2D eigenvalue weighted by Crippen LogP contribution is 2.52. The number of hydrogen-bond donors (Lipinski definition) is 1. The highest BCUT2D eigenvalue weighted by molar-refractivity contribution is 5.73. The minimum absolute atomic E-state index is 0.350. The lowest BCUT2D eigenvalue weighted by molar-refractivity contribution is 0.125. The Bertz CT molecular complexity index is 540. The molecule has 1 fully saturated rings. The van der Waals surface area contributed by atoms with Crippen molar-refractivity contribution in [3.63, 3.8) is 0 Å². The average Bonchev–Trinajstić information content (AvgIpc) is 3.01. The van der Waals surface area contributed by atoms with Gasteiger partial charge in [-0.2, -0.15) is 0 Å². The molecule has 0 aliphatic heterocycles. The maximum absolute atomic E-state index is 10.3. The Morgan fingerprint density at radius 2 is 2.12 bits per heavy atom. The first-order valence-corrected chi connectivity index (χ1v) is 5.68. The lowest BCUT2D eigenvalue weighted by Crippen LogP contribution is -2.11. The molecule has 0 amide bonds. The molecule has 2 unspecified atom stereocenters. The Morgan fingerprint density at radius 1 is 1.38 bits per heavy atom. The maximum atomic E-state index is 10.3. The van der Waals surface area contributed by atoms with Crippen LogP contribution in [0.25, 0.3) is 11.0 Å². The van der Waals surface area contributed by atoms with E-state index in [0.29, 0.717) is 5.92 Å². The molecule has 16 heavy (non-hydrogen) atoms. The van der Waals surface area contributed by atoms with Crippen molar-refractivity contribution < 1.29 is 5.11 Å². The summed E-state index contributed by atoms with van der Waals surface area (Å²) in [6.07, 6.45) is 3.51.